The highest BCUT2D eigenvalue weighted by atomic mass is 15.0. The van der Waals surface area contributed by atoms with Crippen molar-refractivity contribution in [1.82, 2.24) is 19.1 Å². The van der Waals surface area contributed by atoms with Crippen molar-refractivity contribution in [2.24, 2.45) is 0 Å². The molecular weight excluding hydrogens is 488 g/mol. The van der Waals surface area contributed by atoms with Gasteiger partial charge in [-0.15, -0.1) is 0 Å². The summed E-state index contributed by atoms with van der Waals surface area (Å²) in [7, 11) is 0. The van der Waals surface area contributed by atoms with Gasteiger partial charge in [-0.1, -0.05) is 60.7 Å². The topological polar surface area (TPSA) is 35.6 Å². The maximum absolute atomic E-state index is 4.49. The van der Waals surface area contributed by atoms with Gasteiger partial charge in [-0.25, -0.2) is 9.97 Å². The van der Waals surface area contributed by atoms with Crippen LogP contribution in [0.25, 0.3) is 67.9 Å². The van der Waals surface area contributed by atoms with Crippen molar-refractivity contribution in [1.29, 1.82) is 0 Å². The van der Waals surface area contributed by atoms with Gasteiger partial charge in [-0.2, -0.15) is 0 Å². The fourth-order valence-corrected chi connectivity index (χ4v) is 5.97. The lowest BCUT2D eigenvalue weighted by Gasteiger charge is -2.03. The molecule has 0 aliphatic rings. The van der Waals surface area contributed by atoms with Crippen molar-refractivity contribution >= 4 is 67.9 Å². The maximum atomic E-state index is 4.49. The molecule has 0 N–H and O–H groups in total. The molecule has 0 atom stereocenters. The second-order valence-corrected chi connectivity index (χ2v) is 10.1. The molecule has 0 amide bonds. The van der Waals surface area contributed by atoms with Gasteiger partial charge < -0.3 is 9.13 Å². The van der Waals surface area contributed by atoms with Gasteiger partial charge in [0.1, 0.15) is 6.33 Å². The van der Waals surface area contributed by atoms with Crippen LogP contribution in [0.2, 0.25) is 0 Å². The smallest absolute Gasteiger partial charge is 0.116 e. The van der Waals surface area contributed by atoms with Crippen molar-refractivity contribution in [3.05, 3.63) is 120 Å². The third kappa shape index (κ3) is 4.09. The fraction of sp³-hybridized carbons (Fsp3) is 0.111. The fourth-order valence-electron chi connectivity index (χ4n) is 5.97. The Hall–Kier alpha value is -4.96. The van der Waals surface area contributed by atoms with Crippen LogP contribution in [0.15, 0.2) is 97.3 Å². The molecule has 3 aromatic heterocycles. The van der Waals surface area contributed by atoms with Crippen LogP contribution in [0.1, 0.15) is 36.4 Å². The van der Waals surface area contributed by atoms with Gasteiger partial charge in [-0.3, -0.25) is 0 Å². The van der Waals surface area contributed by atoms with E-state index in [1.807, 2.05) is 6.07 Å². The molecule has 4 aromatic carbocycles. The molecule has 0 spiro atoms. The Balaban J connectivity index is 1.17. The number of hydrogen-bond acceptors (Lipinski definition) is 2. The molecule has 3 heterocycles. The quantitative estimate of drug-likeness (QED) is 0.220. The van der Waals surface area contributed by atoms with E-state index in [1.165, 1.54) is 43.6 Å². The maximum Gasteiger partial charge on any atom is 0.116 e. The molecule has 4 nitrogen and oxygen atoms in total. The molecule has 4 heteroatoms. The van der Waals surface area contributed by atoms with Crippen molar-refractivity contribution in [2.75, 3.05) is 0 Å². The standard InChI is InChI=1S/C36H30N4/c1-3-39-33-11-7-5-9-29(33)31-21-25(15-19-35(31)39)13-17-27-23-28(38-24-37-27)18-14-26-16-20-36-32(22-26)30-10-6-8-12-34(30)40(36)4-2/h5-24H,3-4H2,1-2H3/b17-13+,18-14+. The van der Waals surface area contributed by atoms with E-state index < -0.39 is 0 Å². The van der Waals surface area contributed by atoms with Gasteiger partial charge in [-0.05, 0) is 79.6 Å². The first-order chi connectivity index (χ1) is 19.7. The molecule has 7 rings (SSSR count). The van der Waals surface area contributed by atoms with E-state index in [0.717, 1.165) is 35.6 Å². The summed E-state index contributed by atoms with van der Waals surface area (Å²) in [4.78, 5) is 8.98. The minimum Gasteiger partial charge on any atom is -0.341 e. The van der Waals surface area contributed by atoms with Crippen LogP contribution >= 0.6 is 0 Å². The van der Waals surface area contributed by atoms with E-state index >= 15 is 0 Å². The van der Waals surface area contributed by atoms with Gasteiger partial charge in [0.25, 0.3) is 0 Å². The highest BCUT2D eigenvalue weighted by Crippen LogP contribution is 2.31. The summed E-state index contributed by atoms with van der Waals surface area (Å²) < 4.78 is 4.75. The number of aryl methyl sites for hydroxylation is 2. The summed E-state index contributed by atoms with van der Waals surface area (Å²) in [6, 6.07) is 32.6. The lowest BCUT2D eigenvalue weighted by Crippen LogP contribution is -1.92. The monoisotopic (exact) mass is 518 g/mol. The van der Waals surface area contributed by atoms with Crippen molar-refractivity contribution in [2.45, 2.75) is 26.9 Å². The number of rotatable bonds is 6. The largest absolute Gasteiger partial charge is 0.341 e. The Labute approximate surface area is 233 Å². The van der Waals surface area contributed by atoms with Crippen LogP contribution < -0.4 is 0 Å². The number of hydrogen-bond donors (Lipinski definition) is 0. The zero-order valence-corrected chi connectivity index (χ0v) is 22.8. The van der Waals surface area contributed by atoms with E-state index in [9.17, 15) is 0 Å². The predicted molar refractivity (Wildman–Crippen MR) is 170 cm³/mol. The van der Waals surface area contributed by atoms with Crippen LogP contribution in [0.5, 0.6) is 0 Å². The van der Waals surface area contributed by atoms with Gasteiger partial charge in [0.2, 0.25) is 0 Å². The molecule has 0 aliphatic heterocycles. The third-order valence-electron chi connectivity index (χ3n) is 7.83. The van der Waals surface area contributed by atoms with Gasteiger partial charge in [0.15, 0.2) is 0 Å². The normalized spacial score (nSPS) is 12.2. The Morgan fingerprint density at radius 1 is 0.500 bits per heavy atom. The molecule has 194 valence electrons. The Morgan fingerprint density at radius 2 is 0.950 bits per heavy atom. The predicted octanol–water partition coefficient (Wildman–Crippen LogP) is 9.07. The molecule has 0 radical (unpaired) electrons. The number of para-hydroxylation sites is 2. The third-order valence-corrected chi connectivity index (χ3v) is 7.83. The van der Waals surface area contributed by atoms with Crippen molar-refractivity contribution in [3.63, 3.8) is 0 Å². The molecule has 0 bridgehead atoms. The Bertz CT molecular complexity index is 1940. The lowest BCUT2D eigenvalue weighted by atomic mass is 10.1. The molecule has 40 heavy (non-hydrogen) atoms. The highest BCUT2D eigenvalue weighted by molar-refractivity contribution is 6.09. The van der Waals surface area contributed by atoms with Crippen LogP contribution in [0, 0.1) is 0 Å². The summed E-state index contributed by atoms with van der Waals surface area (Å²) >= 11 is 0. The summed E-state index contributed by atoms with van der Waals surface area (Å²) in [5.41, 5.74) is 9.18. The second kappa shape index (κ2) is 9.97. The van der Waals surface area contributed by atoms with E-state index in [2.05, 4.69) is 142 Å². The van der Waals surface area contributed by atoms with Gasteiger partial charge in [0.05, 0.1) is 11.4 Å². The average molecular weight is 519 g/mol. The summed E-state index contributed by atoms with van der Waals surface area (Å²) in [5, 5.41) is 5.15. The molecule has 0 saturated carbocycles. The molecular formula is C36H30N4. The van der Waals surface area contributed by atoms with Crippen molar-refractivity contribution < 1.29 is 0 Å². The van der Waals surface area contributed by atoms with Crippen LogP contribution in [0.4, 0.5) is 0 Å². The van der Waals surface area contributed by atoms with Crippen molar-refractivity contribution in [3.8, 4) is 0 Å². The van der Waals surface area contributed by atoms with E-state index in [1.54, 1.807) is 6.33 Å². The zero-order chi connectivity index (χ0) is 27.1. The highest BCUT2D eigenvalue weighted by Gasteiger charge is 2.10. The van der Waals surface area contributed by atoms with Gasteiger partial charge >= 0.3 is 0 Å². The van der Waals surface area contributed by atoms with Crippen LogP contribution in [0.3, 0.4) is 0 Å². The van der Waals surface area contributed by atoms with Gasteiger partial charge in [0, 0.05) is 56.7 Å². The minimum absolute atomic E-state index is 0.882. The zero-order valence-electron chi connectivity index (χ0n) is 22.8. The van der Waals surface area contributed by atoms with E-state index in [4.69, 9.17) is 0 Å². The summed E-state index contributed by atoms with van der Waals surface area (Å²) in [5.74, 6) is 0. The minimum atomic E-state index is 0.882. The van der Waals surface area contributed by atoms with E-state index in [-0.39, 0.29) is 0 Å². The number of aromatic nitrogens is 4. The first-order valence-corrected chi connectivity index (χ1v) is 13.9. The molecule has 0 fully saturated rings. The SMILES string of the molecule is CCn1c2ccccc2c2cc(/C=C/c3cc(/C=C/c4ccc5c(c4)c4ccccc4n5CC)ncn3)ccc21. The first kappa shape index (κ1) is 24.1. The average Bonchev–Trinajstić information content (AvgIpc) is 3.50. The second-order valence-electron chi connectivity index (χ2n) is 10.1. The molecule has 7 aromatic rings. The Morgan fingerprint density at radius 3 is 1.43 bits per heavy atom. The summed E-state index contributed by atoms with van der Waals surface area (Å²) in [6.45, 7) is 6.30. The number of fused-ring (bicyclic) bond motifs is 6. The number of nitrogens with zero attached hydrogens (tertiary/aromatic N) is 4. The Kier molecular flexibility index (Phi) is 6.01. The number of benzene rings is 4. The van der Waals surface area contributed by atoms with E-state index in [0.29, 0.717) is 0 Å². The molecule has 0 aliphatic carbocycles. The van der Waals surface area contributed by atoms with Crippen LogP contribution in [-0.2, 0) is 13.1 Å². The molecule has 0 unspecified atom stereocenters. The summed E-state index contributed by atoms with van der Waals surface area (Å²) in [6.07, 6.45) is 10.0. The van der Waals surface area contributed by atoms with Crippen LogP contribution in [-0.4, -0.2) is 19.1 Å². The lowest BCUT2D eigenvalue weighted by molar-refractivity contribution is 0.827. The first-order valence-electron chi connectivity index (χ1n) is 13.9. The molecule has 0 saturated heterocycles.